The maximum atomic E-state index is 15.1. The minimum absolute atomic E-state index is 0.00624. The van der Waals surface area contributed by atoms with Crippen LogP contribution in [0.4, 0.5) is 15.8 Å². The lowest BCUT2D eigenvalue weighted by atomic mass is 9.69. The molecule has 0 bridgehead atoms. The molecule has 3 aliphatic rings. The van der Waals surface area contributed by atoms with E-state index in [9.17, 15) is 4.79 Å². The molecule has 1 aromatic carbocycles. The van der Waals surface area contributed by atoms with E-state index in [-0.39, 0.29) is 29.5 Å². The molecule has 3 heterocycles. The highest BCUT2D eigenvalue weighted by Gasteiger charge is 2.52. The summed E-state index contributed by atoms with van der Waals surface area (Å²) in [5, 5.41) is 6.04. The Morgan fingerprint density at radius 1 is 1.22 bits per heavy atom. The molecule has 1 aromatic rings. The number of amides is 1. The van der Waals surface area contributed by atoms with E-state index in [1.807, 2.05) is 6.07 Å². The normalized spacial score (nSPS) is 27.6. The van der Waals surface area contributed by atoms with Gasteiger partial charge >= 0.3 is 0 Å². The monoisotopic (exact) mass is 444 g/mol. The van der Waals surface area contributed by atoms with Gasteiger partial charge in [-0.25, -0.2) is 9.38 Å². The zero-order valence-electron chi connectivity index (χ0n) is 19.6. The lowest BCUT2D eigenvalue weighted by Crippen LogP contribution is -2.64. The maximum absolute atomic E-state index is 15.1. The Bertz CT molecular complexity index is 986. The predicted octanol–water partition coefficient (Wildman–Crippen LogP) is 2.78. The molecule has 1 unspecified atom stereocenters. The summed E-state index contributed by atoms with van der Waals surface area (Å²) in [5.41, 5.74) is 6.29. The van der Waals surface area contributed by atoms with Crippen molar-refractivity contribution in [2.75, 3.05) is 30.9 Å². The van der Waals surface area contributed by atoms with Crippen LogP contribution in [-0.2, 0) is 4.79 Å². The van der Waals surface area contributed by atoms with Crippen LogP contribution in [0.3, 0.4) is 0 Å². The summed E-state index contributed by atoms with van der Waals surface area (Å²) in [6.45, 7) is 8.62. The molecule has 174 valence electrons. The van der Waals surface area contributed by atoms with Crippen molar-refractivity contribution in [3.8, 4) is 5.75 Å². The molecule has 4 N–H and O–H groups in total. The van der Waals surface area contributed by atoms with Crippen molar-refractivity contribution in [2.24, 2.45) is 16.6 Å². The summed E-state index contributed by atoms with van der Waals surface area (Å²) >= 11 is 0. The second kappa shape index (κ2) is 7.45. The van der Waals surface area contributed by atoms with E-state index in [0.717, 1.165) is 0 Å². The highest BCUT2D eigenvalue weighted by molar-refractivity contribution is 5.99. The van der Waals surface area contributed by atoms with Gasteiger partial charge in [-0.2, -0.15) is 0 Å². The van der Waals surface area contributed by atoms with Crippen molar-refractivity contribution < 1.29 is 13.9 Å². The van der Waals surface area contributed by atoms with Gasteiger partial charge in [0.25, 0.3) is 5.91 Å². The smallest absolute Gasteiger partial charge is 0.264 e. The van der Waals surface area contributed by atoms with Crippen LogP contribution in [0.1, 0.15) is 40.5 Å². The third-order valence-electron chi connectivity index (χ3n) is 7.25. The minimum Gasteiger partial charge on any atom is -0.481 e. The first-order valence-electron chi connectivity index (χ1n) is 10.9. The zero-order chi connectivity index (χ0) is 23.5. The van der Waals surface area contributed by atoms with Crippen molar-refractivity contribution in [1.82, 2.24) is 10.2 Å². The number of nitrogens with one attached hydrogen (secondary N) is 2. The van der Waals surface area contributed by atoms with Gasteiger partial charge < -0.3 is 26.0 Å². The van der Waals surface area contributed by atoms with Crippen LogP contribution in [0.5, 0.6) is 5.75 Å². The first-order chi connectivity index (χ1) is 14.8. The van der Waals surface area contributed by atoms with Crippen LogP contribution >= 0.6 is 0 Å². The summed E-state index contributed by atoms with van der Waals surface area (Å²) in [7, 11) is 3.82. The quantitative estimate of drug-likeness (QED) is 0.649. The number of nitrogens with two attached hydrogens (primary N) is 1. The van der Waals surface area contributed by atoms with E-state index < -0.39 is 11.5 Å². The number of likely N-dealkylation sites (N-methyl/N-ethyl adjacent to an activating group) is 1. The molecular weight excluding hydrogens is 411 g/mol. The van der Waals surface area contributed by atoms with Crippen molar-refractivity contribution in [1.29, 1.82) is 0 Å². The van der Waals surface area contributed by atoms with Crippen molar-refractivity contribution in [3.05, 3.63) is 30.2 Å². The van der Waals surface area contributed by atoms with Crippen LogP contribution in [-0.4, -0.2) is 54.2 Å². The number of nitrogens with zero attached hydrogens (tertiary/aromatic N) is 3. The summed E-state index contributed by atoms with van der Waals surface area (Å²) in [4.78, 5) is 20.3. The molecule has 0 aromatic heterocycles. The summed E-state index contributed by atoms with van der Waals surface area (Å²) < 4.78 is 20.7. The molecular formula is C23H33FN6O2. The Hall–Kier alpha value is -2.65. The summed E-state index contributed by atoms with van der Waals surface area (Å²) in [6.07, 6.45) is 2.72. The molecule has 1 atom stereocenters. The van der Waals surface area contributed by atoms with Gasteiger partial charge in [0.2, 0.25) is 5.96 Å². The Balaban J connectivity index is 1.60. The van der Waals surface area contributed by atoms with Gasteiger partial charge in [0, 0.05) is 42.0 Å². The van der Waals surface area contributed by atoms with Gasteiger partial charge in [-0.15, -0.1) is 0 Å². The largest absolute Gasteiger partial charge is 0.481 e. The van der Waals surface area contributed by atoms with Gasteiger partial charge in [-0.05, 0) is 59.7 Å². The molecule has 1 fully saturated rings. The van der Waals surface area contributed by atoms with E-state index in [1.165, 1.54) is 6.20 Å². The minimum atomic E-state index is -1.46. The summed E-state index contributed by atoms with van der Waals surface area (Å²) in [5.74, 6) is 0.203. The van der Waals surface area contributed by atoms with Crippen LogP contribution in [0.25, 0.3) is 0 Å². The summed E-state index contributed by atoms with van der Waals surface area (Å²) in [6, 6.07) is 5.40. The average molecular weight is 445 g/mol. The van der Waals surface area contributed by atoms with Crippen molar-refractivity contribution >= 4 is 23.2 Å². The number of anilines is 2. The van der Waals surface area contributed by atoms with Crippen LogP contribution in [0.15, 0.2) is 35.2 Å². The zero-order valence-corrected chi connectivity index (χ0v) is 19.6. The number of benzene rings is 1. The highest BCUT2D eigenvalue weighted by atomic mass is 19.1. The molecule has 4 rings (SSSR count). The molecule has 1 amide bonds. The Kier molecular flexibility index (Phi) is 5.25. The number of carbonyl (C=O) groups is 1. The molecule has 0 aliphatic carbocycles. The topological polar surface area (TPSA) is 95.2 Å². The lowest BCUT2D eigenvalue weighted by molar-refractivity contribution is -0.120. The number of carbonyl (C=O) groups excluding carboxylic acids is 1. The van der Waals surface area contributed by atoms with Gasteiger partial charge in [0.05, 0.1) is 5.69 Å². The molecule has 8 nitrogen and oxygen atoms in total. The Morgan fingerprint density at radius 2 is 1.88 bits per heavy atom. The fourth-order valence-electron chi connectivity index (χ4n) is 5.04. The van der Waals surface area contributed by atoms with Crippen LogP contribution in [0.2, 0.25) is 0 Å². The van der Waals surface area contributed by atoms with Crippen LogP contribution < -0.4 is 26.0 Å². The first kappa shape index (κ1) is 22.5. The van der Waals surface area contributed by atoms with E-state index in [1.54, 1.807) is 24.1 Å². The Labute approximate surface area is 188 Å². The predicted molar refractivity (Wildman–Crippen MR) is 124 cm³/mol. The van der Waals surface area contributed by atoms with Gasteiger partial charge in [-0.1, -0.05) is 0 Å². The number of hydrogen-bond donors (Lipinski definition) is 3. The van der Waals surface area contributed by atoms with Gasteiger partial charge in [0.1, 0.15) is 5.75 Å². The number of fused-ring (bicyclic) bond motifs is 1. The second-order valence-electron chi connectivity index (χ2n) is 10.3. The molecule has 0 spiro atoms. The number of hydrogen-bond acceptors (Lipinski definition) is 7. The molecule has 32 heavy (non-hydrogen) atoms. The SMILES string of the molecule is CN1C(=O)COc2cc(NC3=NC(N)(C4CC(C)(C)N(C)C(C)(C)C4)C(F)=CN3)ccc21. The maximum Gasteiger partial charge on any atom is 0.264 e. The van der Waals surface area contributed by atoms with Crippen LogP contribution in [0, 0.1) is 5.92 Å². The fourth-order valence-corrected chi connectivity index (χ4v) is 5.04. The van der Waals surface area contributed by atoms with Gasteiger partial charge in [-0.3, -0.25) is 9.69 Å². The third kappa shape index (κ3) is 3.73. The van der Waals surface area contributed by atoms with Crippen molar-refractivity contribution in [2.45, 2.75) is 57.3 Å². The molecule has 9 heteroatoms. The number of guanidine groups is 1. The number of likely N-dealkylation sites (tertiary alicyclic amines) is 1. The lowest BCUT2D eigenvalue weighted by Gasteiger charge is -2.56. The number of ether oxygens (including phenoxy) is 1. The number of aliphatic imine (C=N–C) groups is 1. The van der Waals surface area contributed by atoms with Gasteiger partial charge in [0.15, 0.2) is 18.1 Å². The van der Waals surface area contributed by atoms with E-state index >= 15 is 4.39 Å². The van der Waals surface area contributed by atoms with E-state index in [0.29, 0.717) is 35.9 Å². The molecule has 0 radical (unpaired) electrons. The average Bonchev–Trinajstić information content (AvgIpc) is 2.71. The highest BCUT2D eigenvalue weighted by Crippen LogP contribution is 2.46. The molecule has 3 aliphatic heterocycles. The molecule has 0 saturated carbocycles. The first-order valence-corrected chi connectivity index (χ1v) is 10.9. The number of halogens is 1. The van der Waals surface area contributed by atoms with E-state index in [2.05, 4.69) is 55.3 Å². The van der Waals surface area contributed by atoms with E-state index in [4.69, 9.17) is 10.5 Å². The Morgan fingerprint density at radius 3 is 2.53 bits per heavy atom. The number of piperidine rings is 1. The number of rotatable bonds is 2. The van der Waals surface area contributed by atoms with Crippen molar-refractivity contribution in [3.63, 3.8) is 0 Å². The standard InChI is InChI=1S/C23H33FN6O2/c1-21(2)10-14(11-22(3,4)30(21)6)23(25)18(24)12-26-20(28-23)27-15-7-8-16-17(9-15)32-13-19(31)29(16)5/h7-9,12,14H,10-11,13,25H2,1-6H3,(H2,26,27,28). The third-order valence-corrected chi connectivity index (χ3v) is 7.25. The molecule has 1 saturated heterocycles. The fraction of sp³-hybridized carbons (Fsp3) is 0.565. The second-order valence-corrected chi connectivity index (χ2v) is 10.3.